The van der Waals surface area contributed by atoms with Gasteiger partial charge in [-0.2, -0.15) is 0 Å². The Kier molecular flexibility index (Phi) is 2.47. The standard InChI is InChI=1S/C16H14O3/c1-16(19,15(17)18)12-6-7-14-11(9-12)8-10-4-2-3-5-13(10)14/h2-7,9,19H,8H2,1H3,(H,17,18)/t16-/m0/s1. The molecule has 2 N–H and O–H groups in total. The van der Waals surface area contributed by atoms with E-state index >= 15 is 0 Å². The Balaban J connectivity index is 2.10. The second-order valence-electron chi connectivity index (χ2n) is 5.08. The maximum atomic E-state index is 11.1. The van der Waals surface area contributed by atoms with Gasteiger partial charge in [0, 0.05) is 0 Å². The first-order valence-corrected chi connectivity index (χ1v) is 6.17. The molecule has 0 amide bonds. The van der Waals surface area contributed by atoms with Crippen LogP contribution in [0.2, 0.25) is 0 Å². The fourth-order valence-electron chi connectivity index (χ4n) is 2.57. The van der Waals surface area contributed by atoms with Gasteiger partial charge in [-0.1, -0.05) is 42.5 Å². The Bertz CT molecular complexity index is 671. The van der Waals surface area contributed by atoms with Crippen LogP contribution in [0, 0.1) is 0 Å². The Morgan fingerprint density at radius 1 is 1.11 bits per heavy atom. The number of hydrogen-bond donors (Lipinski definition) is 2. The topological polar surface area (TPSA) is 57.5 Å². The monoisotopic (exact) mass is 254 g/mol. The van der Waals surface area contributed by atoms with Crippen molar-refractivity contribution in [3.05, 3.63) is 59.2 Å². The largest absolute Gasteiger partial charge is 0.479 e. The zero-order chi connectivity index (χ0) is 13.6. The van der Waals surface area contributed by atoms with Crippen molar-refractivity contribution in [2.24, 2.45) is 0 Å². The van der Waals surface area contributed by atoms with E-state index in [0.29, 0.717) is 5.56 Å². The third kappa shape index (κ3) is 1.74. The zero-order valence-electron chi connectivity index (χ0n) is 10.6. The number of aliphatic carboxylic acids is 1. The minimum Gasteiger partial charge on any atom is -0.479 e. The van der Waals surface area contributed by atoms with Crippen LogP contribution in [0.4, 0.5) is 0 Å². The molecule has 0 fully saturated rings. The lowest BCUT2D eigenvalue weighted by Crippen LogP contribution is -2.31. The Labute approximate surface area is 111 Å². The van der Waals surface area contributed by atoms with Gasteiger partial charge in [-0.15, -0.1) is 0 Å². The molecule has 0 spiro atoms. The molecule has 3 nitrogen and oxygen atoms in total. The summed E-state index contributed by atoms with van der Waals surface area (Å²) in [7, 11) is 0. The summed E-state index contributed by atoms with van der Waals surface area (Å²) < 4.78 is 0. The van der Waals surface area contributed by atoms with Crippen molar-refractivity contribution in [3.63, 3.8) is 0 Å². The van der Waals surface area contributed by atoms with E-state index in [9.17, 15) is 9.90 Å². The van der Waals surface area contributed by atoms with Crippen LogP contribution < -0.4 is 0 Å². The van der Waals surface area contributed by atoms with E-state index in [4.69, 9.17) is 5.11 Å². The average molecular weight is 254 g/mol. The molecule has 1 aliphatic carbocycles. The molecule has 0 saturated heterocycles. The van der Waals surface area contributed by atoms with Crippen LogP contribution in [0.1, 0.15) is 23.6 Å². The number of rotatable bonds is 2. The molecule has 0 aromatic heterocycles. The number of aliphatic hydroxyl groups is 1. The zero-order valence-corrected chi connectivity index (χ0v) is 10.6. The highest BCUT2D eigenvalue weighted by molar-refractivity contribution is 5.81. The van der Waals surface area contributed by atoms with Gasteiger partial charge in [-0.05, 0) is 41.2 Å². The SMILES string of the molecule is C[C@@](O)(C(=O)O)c1ccc2c(c1)Cc1ccccc1-2. The molecule has 0 radical (unpaired) electrons. The molecule has 0 saturated carbocycles. The predicted molar refractivity (Wildman–Crippen MR) is 71.9 cm³/mol. The molecule has 2 aromatic rings. The number of carboxylic acid groups (broad SMARTS) is 1. The molecule has 0 heterocycles. The molecule has 0 aliphatic heterocycles. The van der Waals surface area contributed by atoms with Gasteiger partial charge < -0.3 is 10.2 Å². The second-order valence-corrected chi connectivity index (χ2v) is 5.08. The van der Waals surface area contributed by atoms with Gasteiger partial charge in [0.05, 0.1) is 0 Å². The van der Waals surface area contributed by atoms with Crippen molar-refractivity contribution >= 4 is 5.97 Å². The van der Waals surface area contributed by atoms with Crippen molar-refractivity contribution in [1.29, 1.82) is 0 Å². The van der Waals surface area contributed by atoms with Crippen molar-refractivity contribution in [2.45, 2.75) is 18.9 Å². The molecular formula is C16H14O3. The average Bonchev–Trinajstić information content (AvgIpc) is 2.75. The summed E-state index contributed by atoms with van der Waals surface area (Å²) in [6, 6.07) is 13.5. The van der Waals surface area contributed by atoms with Crippen molar-refractivity contribution in [1.82, 2.24) is 0 Å². The summed E-state index contributed by atoms with van der Waals surface area (Å²) >= 11 is 0. The van der Waals surface area contributed by atoms with E-state index in [0.717, 1.165) is 17.5 Å². The third-order valence-corrected chi connectivity index (χ3v) is 3.77. The van der Waals surface area contributed by atoms with Crippen LogP contribution in [0.15, 0.2) is 42.5 Å². The maximum absolute atomic E-state index is 11.1. The highest BCUT2D eigenvalue weighted by atomic mass is 16.4. The van der Waals surface area contributed by atoms with E-state index in [1.54, 1.807) is 12.1 Å². The summed E-state index contributed by atoms with van der Waals surface area (Å²) in [4.78, 5) is 11.1. The van der Waals surface area contributed by atoms with E-state index in [-0.39, 0.29) is 0 Å². The van der Waals surface area contributed by atoms with Gasteiger partial charge in [-0.25, -0.2) is 4.79 Å². The van der Waals surface area contributed by atoms with Gasteiger partial charge in [-0.3, -0.25) is 0 Å². The molecule has 0 bridgehead atoms. The third-order valence-electron chi connectivity index (χ3n) is 3.77. The smallest absolute Gasteiger partial charge is 0.340 e. The summed E-state index contributed by atoms with van der Waals surface area (Å²) in [6.07, 6.45) is 0.787. The Hall–Kier alpha value is -2.13. The van der Waals surface area contributed by atoms with Crippen LogP contribution in [0.3, 0.4) is 0 Å². The number of benzene rings is 2. The highest BCUT2D eigenvalue weighted by Gasteiger charge is 2.33. The van der Waals surface area contributed by atoms with Gasteiger partial charge in [0.1, 0.15) is 0 Å². The molecule has 0 unspecified atom stereocenters. The van der Waals surface area contributed by atoms with E-state index in [2.05, 4.69) is 12.1 Å². The van der Waals surface area contributed by atoms with Crippen molar-refractivity contribution in [3.8, 4) is 11.1 Å². The van der Waals surface area contributed by atoms with Crippen LogP contribution in [0.25, 0.3) is 11.1 Å². The minimum atomic E-state index is -1.84. The maximum Gasteiger partial charge on any atom is 0.340 e. The summed E-state index contributed by atoms with van der Waals surface area (Å²) in [5, 5.41) is 19.1. The van der Waals surface area contributed by atoms with Gasteiger partial charge in [0.15, 0.2) is 5.60 Å². The number of hydrogen-bond acceptors (Lipinski definition) is 2. The van der Waals surface area contributed by atoms with Gasteiger partial charge in [0.2, 0.25) is 0 Å². The lowest BCUT2D eigenvalue weighted by molar-refractivity contribution is -0.157. The molecule has 3 rings (SSSR count). The van der Waals surface area contributed by atoms with Crippen LogP contribution in [-0.2, 0) is 16.8 Å². The summed E-state index contributed by atoms with van der Waals surface area (Å²) in [5.41, 5.74) is 3.21. The normalized spacial score (nSPS) is 15.5. The molecule has 96 valence electrons. The van der Waals surface area contributed by atoms with E-state index in [1.807, 2.05) is 18.2 Å². The van der Waals surface area contributed by atoms with Gasteiger partial charge >= 0.3 is 5.97 Å². The molecule has 3 heteroatoms. The summed E-state index contributed by atoms with van der Waals surface area (Å²) in [6.45, 7) is 1.30. The van der Waals surface area contributed by atoms with Crippen LogP contribution in [-0.4, -0.2) is 16.2 Å². The van der Waals surface area contributed by atoms with Crippen molar-refractivity contribution < 1.29 is 15.0 Å². The number of carboxylic acids is 1. The highest BCUT2D eigenvalue weighted by Crippen LogP contribution is 2.38. The first-order chi connectivity index (χ1) is 9.00. The van der Waals surface area contributed by atoms with E-state index < -0.39 is 11.6 Å². The predicted octanol–water partition coefficient (Wildman–Crippen LogP) is 2.55. The van der Waals surface area contributed by atoms with Gasteiger partial charge in [0.25, 0.3) is 0 Å². The second kappa shape index (κ2) is 3.93. The van der Waals surface area contributed by atoms with Crippen LogP contribution in [0.5, 0.6) is 0 Å². The first kappa shape index (κ1) is 11.9. The summed E-state index contributed by atoms with van der Waals surface area (Å²) in [5.74, 6) is -1.23. The van der Waals surface area contributed by atoms with Crippen molar-refractivity contribution in [2.75, 3.05) is 0 Å². The molecule has 19 heavy (non-hydrogen) atoms. The molecular weight excluding hydrogens is 240 g/mol. The van der Waals surface area contributed by atoms with Crippen LogP contribution >= 0.6 is 0 Å². The Morgan fingerprint density at radius 3 is 2.53 bits per heavy atom. The lowest BCUT2D eigenvalue weighted by Gasteiger charge is -2.19. The quantitative estimate of drug-likeness (QED) is 0.739. The fraction of sp³-hybridized carbons (Fsp3) is 0.188. The molecule has 1 atom stereocenters. The first-order valence-electron chi connectivity index (χ1n) is 6.17. The Morgan fingerprint density at radius 2 is 1.79 bits per heavy atom. The minimum absolute atomic E-state index is 0.423. The number of carbonyl (C=O) groups is 1. The van der Waals surface area contributed by atoms with E-state index in [1.165, 1.54) is 18.1 Å². The lowest BCUT2D eigenvalue weighted by atomic mass is 9.92. The fourth-order valence-corrected chi connectivity index (χ4v) is 2.57. The molecule has 1 aliphatic rings. The molecule has 2 aromatic carbocycles. The number of fused-ring (bicyclic) bond motifs is 3.